The van der Waals surface area contributed by atoms with Gasteiger partial charge in [0.05, 0.1) is 9.83 Å². The molecular formula is C15H14N2O5S2. The summed E-state index contributed by atoms with van der Waals surface area (Å²) in [5.74, 6) is -1.44. The van der Waals surface area contributed by atoms with E-state index in [1.807, 2.05) is 0 Å². The molecule has 1 N–H and O–H groups in total. The van der Waals surface area contributed by atoms with E-state index >= 15 is 0 Å². The number of benzene rings is 1. The van der Waals surface area contributed by atoms with Gasteiger partial charge in [-0.25, -0.2) is 4.79 Å². The van der Waals surface area contributed by atoms with E-state index in [-0.39, 0.29) is 16.6 Å². The summed E-state index contributed by atoms with van der Waals surface area (Å²) in [5, 5.41) is 19.7. The highest BCUT2D eigenvalue weighted by Crippen LogP contribution is 2.36. The number of carboxylic acids is 1. The number of amides is 1. The maximum Gasteiger partial charge on any atom is 0.327 e. The molecule has 9 heteroatoms. The molecule has 0 aliphatic carbocycles. The molecule has 1 saturated heterocycles. The van der Waals surface area contributed by atoms with Crippen LogP contribution in [0.4, 0.5) is 10.5 Å². The Labute approximate surface area is 147 Å². The van der Waals surface area contributed by atoms with Gasteiger partial charge in [-0.2, -0.15) is 0 Å². The van der Waals surface area contributed by atoms with E-state index in [9.17, 15) is 24.8 Å². The number of hydrogen-bond acceptors (Lipinski definition) is 6. The maximum absolute atomic E-state index is 12.2. The molecule has 1 amide bonds. The molecule has 1 unspecified atom stereocenters. The van der Waals surface area contributed by atoms with Gasteiger partial charge in [0.1, 0.15) is 11.0 Å². The average molecular weight is 366 g/mol. The van der Waals surface area contributed by atoms with Crippen molar-refractivity contribution < 1.29 is 19.6 Å². The van der Waals surface area contributed by atoms with Crippen LogP contribution in [0.1, 0.15) is 19.4 Å². The van der Waals surface area contributed by atoms with Crippen molar-refractivity contribution in [1.29, 1.82) is 0 Å². The summed E-state index contributed by atoms with van der Waals surface area (Å²) >= 11 is 6.08. The molecule has 2 rings (SSSR count). The van der Waals surface area contributed by atoms with Crippen molar-refractivity contribution in [1.82, 2.24) is 4.90 Å². The van der Waals surface area contributed by atoms with Crippen molar-refractivity contribution >= 4 is 51.9 Å². The van der Waals surface area contributed by atoms with Gasteiger partial charge in [0.15, 0.2) is 0 Å². The fourth-order valence-electron chi connectivity index (χ4n) is 2.29. The molecule has 1 aliphatic rings. The van der Waals surface area contributed by atoms with Gasteiger partial charge in [-0.3, -0.25) is 19.8 Å². The van der Waals surface area contributed by atoms with E-state index in [2.05, 4.69) is 0 Å². The number of carbonyl (C=O) groups excluding carboxylic acids is 1. The Hall–Kier alpha value is -2.26. The highest BCUT2D eigenvalue weighted by atomic mass is 32.2. The number of carbonyl (C=O) groups is 2. The molecule has 1 fully saturated rings. The fourth-order valence-corrected chi connectivity index (χ4v) is 3.60. The number of nitrogens with zero attached hydrogens (tertiary/aromatic N) is 2. The minimum atomic E-state index is -1.13. The van der Waals surface area contributed by atoms with Gasteiger partial charge in [-0.1, -0.05) is 38.2 Å². The Morgan fingerprint density at radius 3 is 2.67 bits per heavy atom. The number of thioether (sulfide) groups is 1. The second-order valence-electron chi connectivity index (χ2n) is 5.43. The lowest BCUT2D eigenvalue weighted by molar-refractivity contribution is -0.384. The van der Waals surface area contributed by atoms with Crippen LogP contribution in [-0.2, 0) is 4.79 Å². The van der Waals surface area contributed by atoms with Gasteiger partial charge in [-0.15, -0.1) is 0 Å². The zero-order valence-electron chi connectivity index (χ0n) is 12.8. The Balaban J connectivity index is 2.36. The molecule has 0 saturated carbocycles. The molecule has 0 bridgehead atoms. The van der Waals surface area contributed by atoms with Crippen molar-refractivity contribution in [3.05, 3.63) is 44.8 Å². The van der Waals surface area contributed by atoms with Crippen molar-refractivity contribution in [3.63, 3.8) is 0 Å². The average Bonchev–Trinajstić information content (AvgIpc) is 2.75. The predicted molar refractivity (Wildman–Crippen MR) is 94.8 cm³/mol. The largest absolute Gasteiger partial charge is 0.480 e. The SMILES string of the molecule is CC(C)C(C(=O)O)N1C(=O)SC(=Cc2cccc([N+](=O)[O-])c2)C1=S. The van der Waals surface area contributed by atoms with Crippen molar-refractivity contribution in [3.8, 4) is 0 Å². The molecular weight excluding hydrogens is 352 g/mol. The summed E-state index contributed by atoms with van der Waals surface area (Å²) in [6.45, 7) is 3.39. The smallest absolute Gasteiger partial charge is 0.327 e. The fraction of sp³-hybridized carbons (Fsp3) is 0.267. The molecule has 0 aromatic heterocycles. The van der Waals surface area contributed by atoms with E-state index in [4.69, 9.17) is 12.2 Å². The first-order valence-corrected chi connectivity index (χ1v) is 8.19. The van der Waals surface area contributed by atoms with E-state index in [0.717, 1.165) is 16.7 Å². The number of carboxylic acid groups (broad SMARTS) is 1. The maximum atomic E-state index is 12.2. The first-order valence-electron chi connectivity index (χ1n) is 6.96. The van der Waals surface area contributed by atoms with Gasteiger partial charge in [0, 0.05) is 12.1 Å². The summed E-state index contributed by atoms with van der Waals surface area (Å²) in [6.07, 6.45) is 1.55. The van der Waals surface area contributed by atoms with Crippen LogP contribution >= 0.6 is 24.0 Å². The molecule has 1 aliphatic heterocycles. The molecule has 24 heavy (non-hydrogen) atoms. The minimum Gasteiger partial charge on any atom is -0.480 e. The first-order chi connectivity index (χ1) is 11.2. The molecule has 1 atom stereocenters. The number of hydrogen-bond donors (Lipinski definition) is 1. The summed E-state index contributed by atoms with van der Waals surface area (Å²) < 4.78 is 0. The molecule has 1 heterocycles. The highest BCUT2D eigenvalue weighted by molar-refractivity contribution is 8.19. The van der Waals surface area contributed by atoms with Crippen molar-refractivity contribution in [2.75, 3.05) is 0 Å². The lowest BCUT2D eigenvalue weighted by Crippen LogP contribution is -2.46. The van der Waals surface area contributed by atoms with Crippen molar-refractivity contribution in [2.45, 2.75) is 19.9 Å². The Bertz CT molecular complexity index is 760. The van der Waals surface area contributed by atoms with Gasteiger partial charge in [-0.05, 0) is 29.3 Å². The molecule has 7 nitrogen and oxygen atoms in total. The van der Waals surface area contributed by atoms with Gasteiger partial charge >= 0.3 is 5.97 Å². The molecule has 0 spiro atoms. The summed E-state index contributed by atoms with van der Waals surface area (Å²) in [4.78, 5) is 35.6. The highest BCUT2D eigenvalue weighted by Gasteiger charge is 2.41. The van der Waals surface area contributed by atoms with E-state index in [1.54, 1.807) is 26.0 Å². The van der Waals surface area contributed by atoms with E-state index in [1.165, 1.54) is 18.2 Å². The normalized spacial score (nSPS) is 17.6. The number of nitro benzene ring substituents is 1. The lowest BCUT2D eigenvalue weighted by Gasteiger charge is -2.26. The summed E-state index contributed by atoms with van der Waals surface area (Å²) in [5.41, 5.74) is 0.437. The van der Waals surface area contributed by atoms with Crippen LogP contribution in [0.3, 0.4) is 0 Å². The molecule has 0 radical (unpaired) electrons. The van der Waals surface area contributed by atoms with E-state index < -0.39 is 22.2 Å². The standard InChI is InChI=1S/C15H14N2O5S2/c1-8(2)12(14(18)19)16-13(23)11(24-15(16)20)7-9-4-3-5-10(6-9)17(21)22/h3-8,12H,1-2H3,(H,18,19). The van der Waals surface area contributed by atoms with Crippen LogP contribution in [0, 0.1) is 16.0 Å². The van der Waals surface area contributed by atoms with E-state index in [0.29, 0.717) is 10.5 Å². The number of rotatable bonds is 5. The Morgan fingerprint density at radius 2 is 2.12 bits per heavy atom. The van der Waals surface area contributed by atoms with Gasteiger partial charge in [0.2, 0.25) is 0 Å². The monoisotopic (exact) mass is 366 g/mol. The summed E-state index contributed by atoms with van der Waals surface area (Å²) in [6, 6.07) is 4.85. The third-order valence-electron chi connectivity index (χ3n) is 3.37. The topological polar surface area (TPSA) is 101 Å². The third-order valence-corrected chi connectivity index (χ3v) is 4.81. The molecule has 1 aromatic carbocycles. The van der Waals surface area contributed by atoms with Crippen molar-refractivity contribution in [2.24, 2.45) is 5.92 Å². The second kappa shape index (κ2) is 7.10. The second-order valence-corrected chi connectivity index (χ2v) is 6.81. The van der Waals surface area contributed by atoms with Crippen LogP contribution in [0.2, 0.25) is 0 Å². The lowest BCUT2D eigenvalue weighted by atomic mass is 10.0. The van der Waals surface area contributed by atoms with Crippen LogP contribution in [0.5, 0.6) is 0 Å². The summed E-state index contributed by atoms with van der Waals surface area (Å²) in [7, 11) is 0. The Morgan fingerprint density at radius 1 is 1.46 bits per heavy atom. The van der Waals surface area contributed by atoms with Crippen LogP contribution in [0.25, 0.3) is 6.08 Å². The Kier molecular flexibility index (Phi) is 5.35. The number of aliphatic carboxylic acids is 1. The third kappa shape index (κ3) is 3.62. The van der Waals surface area contributed by atoms with Crippen LogP contribution in [0.15, 0.2) is 29.2 Å². The zero-order valence-corrected chi connectivity index (χ0v) is 14.5. The zero-order chi connectivity index (χ0) is 18.0. The predicted octanol–water partition coefficient (Wildman–Crippen LogP) is 3.54. The number of nitro groups is 1. The molecule has 1 aromatic rings. The van der Waals surface area contributed by atoms with Gasteiger partial charge < -0.3 is 5.11 Å². The quantitative estimate of drug-likeness (QED) is 0.368. The van der Waals surface area contributed by atoms with Crippen LogP contribution < -0.4 is 0 Å². The molecule has 126 valence electrons. The van der Waals surface area contributed by atoms with Gasteiger partial charge in [0.25, 0.3) is 10.9 Å². The number of non-ortho nitro benzene ring substituents is 1. The minimum absolute atomic E-state index is 0.0768. The number of thiocarbonyl (C=S) groups is 1. The van der Waals surface area contributed by atoms with Crippen LogP contribution in [-0.4, -0.2) is 37.2 Å². The first kappa shape index (κ1) is 18.1.